The largest absolute Gasteiger partial charge is 0.494 e. The third kappa shape index (κ3) is 5.51. The molecule has 178 valence electrons. The fourth-order valence-electron chi connectivity index (χ4n) is 4.17. The first kappa shape index (κ1) is 22.7. The molecule has 1 saturated heterocycles. The summed E-state index contributed by atoms with van der Waals surface area (Å²) >= 11 is 0. The Balaban J connectivity index is 1.20. The van der Waals surface area contributed by atoms with Crippen molar-refractivity contribution < 1.29 is 18.8 Å². The van der Waals surface area contributed by atoms with E-state index in [9.17, 15) is 4.79 Å². The van der Waals surface area contributed by atoms with E-state index in [2.05, 4.69) is 10.1 Å². The molecule has 1 aromatic heterocycles. The Morgan fingerprint density at radius 2 is 1.74 bits per heavy atom. The number of carbonyl (C=O) groups excluding carboxylic acids is 1. The zero-order valence-electron chi connectivity index (χ0n) is 19.6. The fraction of sp³-hybridized carbons (Fsp3) is 0.250. The van der Waals surface area contributed by atoms with Crippen molar-refractivity contribution in [1.29, 1.82) is 0 Å². The Morgan fingerprint density at radius 1 is 0.943 bits per heavy atom. The van der Waals surface area contributed by atoms with Crippen molar-refractivity contribution in [2.75, 3.05) is 13.2 Å². The fourth-order valence-corrected chi connectivity index (χ4v) is 4.17. The minimum absolute atomic E-state index is 0.0801. The highest BCUT2D eigenvalue weighted by Crippen LogP contribution is 2.30. The van der Waals surface area contributed by atoms with Gasteiger partial charge in [0.05, 0.1) is 12.5 Å². The summed E-state index contributed by atoms with van der Waals surface area (Å²) in [5.41, 5.74) is 2.98. The molecule has 0 N–H and O–H groups in total. The average Bonchev–Trinajstić information content (AvgIpc) is 3.52. The number of amides is 1. The summed E-state index contributed by atoms with van der Waals surface area (Å²) in [6, 6.07) is 25.5. The van der Waals surface area contributed by atoms with Gasteiger partial charge >= 0.3 is 0 Å². The monoisotopic (exact) mass is 469 g/mol. The predicted molar refractivity (Wildman–Crippen MR) is 131 cm³/mol. The van der Waals surface area contributed by atoms with Crippen molar-refractivity contribution >= 4 is 5.91 Å². The molecule has 35 heavy (non-hydrogen) atoms. The number of rotatable bonds is 9. The van der Waals surface area contributed by atoms with Crippen LogP contribution in [0.4, 0.5) is 0 Å². The number of carbonyl (C=O) groups is 1. The minimum Gasteiger partial charge on any atom is -0.494 e. The molecule has 1 aliphatic heterocycles. The normalized spacial score (nSPS) is 15.4. The molecular weight excluding hydrogens is 442 g/mol. The van der Waals surface area contributed by atoms with Crippen LogP contribution in [0.1, 0.15) is 36.3 Å². The van der Waals surface area contributed by atoms with Crippen LogP contribution in [0.2, 0.25) is 0 Å². The second-order valence-corrected chi connectivity index (χ2v) is 8.51. The van der Waals surface area contributed by atoms with E-state index < -0.39 is 0 Å². The third-order valence-electron chi connectivity index (χ3n) is 5.95. The van der Waals surface area contributed by atoms with E-state index >= 15 is 0 Å². The zero-order valence-corrected chi connectivity index (χ0v) is 19.6. The van der Waals surface area contributed by atoms with Crippen molar-refractivity contribution in [3.05, 3.63) is 95.9 Å². The third-order valence-corrected chi connectivity index (χ3v) is 5.95. The van der Waals surface area contributed by atoms with Crippen molar-refractivity contribution in [1.82, 2.24) is 15.0 Å². The summed E-state index contributed by atoms with van der Waals surface area (Å²) in [6.07, 6.45) is 0.360. The van der Waals surface area contributed by atoms with E-state index in [-0.39, 0.29) is 11.8 Å². The Kier molecular flexibility index (Phi) is 6.75. The second-order valence-electron chi connectivity index (χ2n) is 8.51. The summed E-state index contributed by atoms with van der Waals surface area (Å²) < 4.78 is 17.0. The minimum atomic E-state index is -0.118. The molecule has 7 nitrogen and oxygen atoms in total. The van der Waals surface area contributed by atoms with Gasteiger partial charge in [-0.2, -0.15) is 4.98 Å². The highest BCUT2D eigenvalue weighted by Gasteiger charge is 2.34. The van der Waals surface area contributed by atoms with Gasteiger partial charge in [0.2, 0.25) is 17.6 Å². The zero-order chi connectivity index (χ0) is 24.0. The molecular formula is C28H27N3O4. The van der Waals surface area contributed by atoms with Gasteiger partial charge in [0.1, 0.15) is 18.1 Å². The van der Waals surface area contributed by atoms with Gasteiger partial charge in [0, 0.05) is 25.1 Å². The SMILES string of the molecule is CCOc1cccc(CN2CC(c3nc(-c4ccc(OCc5ccccc5)cc4)no3)CC2=O)c1. The van der Waals surface area contributed by atoms with Crippen LogP contribution in [0.15, 0.2) is 83.4 Å². The Hall–Kier alpha value is -4.13. The van der Waals surface area contributed by atoms with Crippen LogP contribution in [-0.2, 0) is 17.9 Å². The lowest BCUT2D eigenvalue weighted by atomic mass is 10.1. The molecule has 4 aromatic rings. The van der Waals surface area contributed by atoms with E-state index in [4.69, 9.17) is 14.0 Å². The number of aromatic nitrogens is 2. The molecule has 1 atom stereocenters. The molecule has 5 rings (SSSR count). The lowest BCUT2D eigenvalue weighted by Crippen LogP contribution is -2.24. The molecule has 7 heteroatoms. The first-order valence-electron chi connectivity index (χ1n) is 11.8. The van der Waals surface area contributed by atoms with Gasteiger partial charge < -0.3 is 18.9 Å². The lowest BCUT2D eigenvalue weighted by molar-refractivity contribution is -0.128. The highest BCUT2D eigenvalue weighted by molar-refractivity contribution is 5.79. The summed E-state index contributed by atoms with van der Waals surface area (Å²) in [6.45, 7) is 4.15. The maximum atomic E-state index is 12.6. The van der Waals surface area contributed by atoms with Gasteiger partial charge in [-0.3, -0.25) is 4.79 Å². The van der Waals surface area contributed by atoms with Crippen LogP contribution in [0.5, 0.6) is 11.5 Å². The standard InChI is InChI=1S/C28H27N3O4/c1-2-33-25-10-6-9-21(15-25)17-31-18-23(16-26(31)32)28-29-27(30-35-28)22-11-13-24(14-12-22)34-19-20-7-4-3-5-8-20/h3-15,23H,2,16-19H2,1H3. The van der Waals surface area contributed by atoms with E-state index in [1.54, 1.807) is 0 Å². The molecule has 0 radical (unpaired) electrons. The van der Waals surface area contributed by atoms with Gasteiger partial charge in [-0.05, 0) is 54.4 Å². The summed E-state index contributed by atoms with van der Waals surface area (Å²) in [7, 11) is 0. The number of nitrogens with zero attached hydrogens (tertiary/aromatic N) is 3. The first-order chi connectivity index (χ1) is 17.2. The highest BCUT2D eigenvalue weighted by atomic mass is 16.5. The summed E-state index contributed by atoms with van der Waals surface area (Å²) in [4.78, 5) is 19.1. The molecule has 0 aliphatic carbocycles. The lowest BCUT2D eigenvalue weighted by Gasteiger charge is -2.16. The maximum absolute atomic E-state index is 12.6. The second kappa shape index (κ2) is 10.4. The number of hydrogen-bond donors (Lipinski definition) is 0. The molecule has 0 spiro atoms. The van der Waals surface area contributed by atoms with Gasteiger partial charge in [0.15, 0.2) is 0 Å². The van der Waals surface area contributed by atoms with Gasteiger partial charge in [-0.1, -0.05) is 47.6 Å². The van der Waals surface area contributed by atoms with Gasteiger partial charge in [-0.15, -0.1) is 0 Å². The van der Waals surface area contributed by atoms with Crippen LogP contribution in [0.25, 0.3) is 11.4 Å². The average molecular weight is 470 g/mol. The Morgan fingerprint density at radius 3 is 2.54 bits per heavy atom. The molecule has 1 unspecified atom stereocenters. The van der Waals surface area contributed by atoms with E-state index in [1.807, 2.05) is 90.7 Å². The number of ether oxygens (including phenoxy) is 2. The first-order valence-corrected chi connectivity index (χ1v) is 11.8. The molecule has 1 aliphatic rings. The molecule has 1 amide bonds. The predicted octanol–water partition coefficient (Wildman–Crippen LogP) is 5.23. The summed E-state index contributed by atoms with van der Waals surface area (Å²) in [5, 5.41) is 4.15. The van der Waals surface area contributed by atoms with Crippen molar-refractivity contribution in [3.8, 4) is 22.9 Å². The quantitative estimate of drug-likeness (QED) is 0.334. The van der Waals surface area contributed by atoms with Crippen LogP contribution in [0.3, 0.4) is 0 Å². The van der Waals surface area contributed by atoms with Crippen LogP contribution < -0.4 is 9.47 Å². The number of benzene rings is 3. The number of likely N-dealkylation sites (tertiary alicyclic amines) is 1. The van der Waals surface area contributed by atoms with Gasteiger partial charge in [0.25, 0.3) is 0 Å². The molecule has 0 bridgehead atoms. The smallest absolute Gasteiger partial charge is 0.232 e. The van der Waals surface area contributed by atoms with E-state index in [1.165, 1.54) is 0 Å². The van der Waals surface area contributed by atoms with Crippen LogP contribution in [-0.4, -0.2) is 34.1 Å². The van der Waals surface area contributed by atoms with Crippen molar-refractivity contribution in [2.24, 2.45) is 0 Å². The summed E-state index contributed by atoms with van der Waals surface area (Å²) in [5.74, 6) is 2.54. The molecule has 0 saturated carbocycles. The topological polar surface area (TPSA) is 77.7 Å². The van der Waals surface area contributed by atoms with E-state index in [0.717, 1.165) is 28.2 Å². The van der Waals surface area contributed by atoms with Crippen LogP contribution in [0, 0.1) is 0 Å². The Labute approximate surface area is 204 Å². The molecule has 3 aromatic carbocycles. The van der Waals surface area contributed by atoms with Gasteiger partial charge in [-0.25, -0.2) is 0 Å². The maximum Gasteiger partial charge on any atom is 0.232 e. The van der Waals surface area contributed by atoms with Crippen molar-refractivity contribution in [2.45, 2.75) is 32.4 Å². The van der Waals surface area contributed by atoms with Crippen molar-refractivity contribution in [3.63, 3.8) is 0 Å². The van der Waals surface area contributed by atoms with Crippen LogP contribution >= 0.6 is 0 Å². The number of hydrogen-bond acceptors (Lipinski definition) is 6. The molecule has 1 fully saturated rings. The molecule has 2 heterocycles. The van der Waals surface area contributed by atoms with E-state index in [0.29, 0.717) is 44.4 Å². The Bertz CT molecular complexity index is 1270.